The Labute approximate surface area is 156 Å². The number of thiophene rings is 1. The number of nitrogens with zero attached hydrogens (tertiary/aromatic N) is 2. The van der Waals surface area contributed by atoms with Crippen molar-refractivity contribution in [3.8, 4) is 0 Å². The fourth-order valence-corrected chi connectivity index (χ4v) is 5.16. The molecule has 0 radical (unpaired) electrons. The fourth-order valence-electron chi connectivity index (χ4n) is 2.97. The van der Waals surface area contributed by atoms with Gasteiger partial charge in [-0.05, 0) is 29.1 Å². The topological polar surface area (TPSA) is 64.0 Å². The molecule has 26 heavy (non-hydrogen) atoms. The molecule has 0 aliphatic heterocycles. The molecule has 0 unspecified atom stereocenters. The monoisotopic (exact) mass is 383 g/mol. The van der Waals surface area contributed by atoms with Crippen LogP contribution in [0.2, 0.25) is 0 Å². The number of nitrogens with one attached hydrogen (secondary N) is 1. The van der Waals surface area contributed by atoms with Crippen LogP contribution < -0.4 is 4.72 Å². The zero-order valence-corrected chi connectivity index (χ0v) is 15.7. The summed E-state index contributed by atoms with van der Waals surface area (Å²) in [5, 5.41) is 1.75. The van der Waals surface area contributed by atoms with Gasteiger partial charge in [-0.15, -0.1) is 11.3 Å². The number of aryl methyl sites for hydroxylation is 1. The lowest BCUT2D eigenvalue weighted by molar-refractivity contribution is 0.565. The molecule has 0 aliphatic rings. The minimum absolute atomic E-state index is 0.289. The second-order valence-electron chi connectivity index (χ2n) is 5.91. The molecule has 4 rings (SSSR count). The van der Waals surface area contributed by atoms with Gasteiger partial charge in [-0.1, -0.05) is 48.5 Å². The average molecular weight is 383 g/mol. The number of imidazole rings is 1. The molecule has 0 spiro atoms. The van der Waals surface area contributed by atoms with E-state index in [9.17, 15) is 8.42 Å². The lowest BCUT2D eigenvalue weighted by Gasteiger charge is -2.18. The molecule has 1 N–H and O–H groups in total. The second kappa shape index (κ2) is 6.68. The molecule has 0 bridgehead atoms. The molecule has 0 saturated carbocycles. The summed E-state index contributed by atoms with van der Waals surface area (Å²) in [7, 11) is -1.75. The highest BCUT2D eigenvalue weighted by atomic mass is 32.2. The highest BCUT2D eigenvalue weighted by Crippen LogP contribution is 2.27. The quantitative estimate of drug-likeness (QED) is 0.571. The molecule has 0 aliphatic carbocycles. The van der Waals surface area contributed by atoms with Gasteiger partial charge in [-0.3, -0.25) is 0 Å². The van der Waals surface area contributed by atoms with E-state index in [1.165, 1.54) is 11.3 Å². The number of benzene rings is 2. The van der Waals surface area contributed by atoms with Gasteiger partial charge in [-0.25, -0.2) is 13.4 Å². The minimum atomic E-state index is -3.65. The summed E-state index contributed by atoms with van der Waals surface area (Å²) in [6, 6.07) is 20.0. The molecule has 0 saturated heterocycles. The van der Waals surface area contributed by atoms with Gasteiger partial charge in [0.15, 0.2) is 0 Å². The molecule has 2 aromatic heterocycles. The van der Waals surface area contributed by atoms with Crippen molar-refractivity contribution in [2.45, 2.75) is 10.3 Å². The number of fused-ring (bicyclic) bond motifs is 1. The van der Waals surface area contributed by atoms with Gasteiger partial charge < -0.3 is 4.57 Å². The second-order valence-corrected chi connectivity index (χ2v) is 8.80. The minimum Gasteiger partial charge on any atom is -0.329 e. The Hall–Kier alpha value is -2.48. The largest absolute Gasteiger partial charge is 0.329 e. The first-order valence-corrected chi connectivity index (χ1v) is 10.4. The van der Waals surface area contributed by atoms with Crippen LogP contribution in [0.15, 0.2) is 76.3 Å². The Balaban J connectivity index is 1.85. The fraction of sp³-hybridized carbons (Fsp3) is 0.105. The van der Waals surface area contributed by atoms with Crippen molar-refractivity contribution < 1.29 is 8.42 Å². The number of para-hydroxylation sites is 2. The van der Waals surface area contributed by atoms with Crippen LogP contribution in [-0.4, -0.2) is 18.0 Å². The molecule has 1 atom stereocenters. The zero-order valence-electron chi connectivity index (χ0n) is 14.0. The van der Waals surface area contributed by atoms with E-state index in [0.717, 1.165) is 16.6 Å². The summed E-state index contributed by atoms with van der Waals surface area (Å²) in [5.74, 6) is 0.650. The number of rotatable bonds is 5. The van der Waals surface area contributed by atoms with E-state index < -0.39 is 16.1 Å². The van der Waals surface area contributed by atoms with Gasteiger partial charge >= 0.3 is 0 Å². The Bertz CT molecular complexity index is 1130. The maximum Gasteiger partial charge on any atom is 0.251 e. The predicted octanol–water partition coefficient (Wildman–Crippen LogP) is 3.70. The summed E-state index contributed by atoms with van der Waals surface area (Å²) < 4.78 is 30.7. The van der Waals surface area contributed by atoms with Crippen LogP contribution in [0.3, 0.4) is 0 Å². The smallest absolute Gasteiger partial charge is 0.251 e. The summed E-state index contributed by atoms with van der Waals surface area (Å²) >= 11 is 1.19. The van der Waals surface area contributed by atoms with Crippen molar-refractivity contribution in [2.75, 3.05) is 0 Å². The number of sulfonamides is 1. The van der Waals surface area contributed by atoms with Crippen LogP contribution in [0, 0.1) is 0 Å². The SMILES string of the molecule is Cn1c([C@H](NS(=O)(=O)c2cccs2)c2ccccc2)nc2ccccc21. The third kappa shape index (κ3) is 3.05. The molecule has 5 nitrogen and oxygen atoms in total. The zero-order chi connectivity index (χ0) is 18.1. The summed E-state index contributed by atoms with van der Waals surface area (Å²) in [5.41, 5.74) is 2.63. The van der Waals surface area contributed by atoms with Gasteiger partial charge in [-0.2, -0.15) is 4.72 Å². The third-order valence-corrected chi connectivity index (χ3v) is 7.07. The molecule has 2 aromatic carbocycles. The van der Waals surface area contributed by atoms with Crippen molar-refractivity contribution in [3.63, 3.8) is 0 Å². The van der Waals surface area contributed by atoms with Gasteiger partial charge in [0.25, 0.3) is 10.0 Å². The van der Waals surface area contributed by atoms with Gasteiger partial charge in [0.05, 0.1) is 11.0 Å². The van der Waals surface area contributed by atoms with E-state index in [1.54, 1.807) is 17.5 Å². The molecule has 2 heterocycles. The lowest BCUT2D eigenvalue weighted by Crippen LogP contribution is -2.30. The summed E-state index contributed by atoms with van der Waals surface area (Å²) in [6.07, 6.45) is 0. The van der Waals surface area contributed by atoms with E-state index in [2.05, 4.69) is 4.72 Å². The van der Waals surface area contributed by atoms with Crippen molar-refractivity contribution in [3.05, 3.63) is 83.5 Å². The maximum atomic E-state index is 12.8. The van der Waals surface area contributed by atoms with Crippen LogP contribution >= 0.6 is 11.3 Å². The van der Waals surface area contributed by atoms with Gasteiger partial charge in [0.1, 0.15) is 16.1 Å². The summed E-state index contributed by atoms with van der Waals surface area (Å²) in [6.45, 7) is 0. The third-order valence-electron chi connectivity index (χ3n) is 4.25. The highest BCUT2D eigenvalue weighted by molar-refractivity contribution is 7.91. The van der Waals surface area contributed by atoms with E-state index in [-0.39, 0.29) is 4.21 Å². The highest BCUT2D eigenvalue weighted by Gasteiger charge is 2.27. The number of hydrogen-bond acceptors (Lipinski definition) is 4. The Kier molecular flexibility index (Phi) is 4.36. The number of aromatic nitrogens is 2. The van der Waals surface area contributed by atoms with Crippen LogP contribution in [-0.2, 0) is 17.1 Å². The van der Waals surface area contributed by atoms with Crippen molar-refractivity contribution in [1.29, 1.82) is 0 Å². The van der Waals surface area contributed by atoms with Crippen molar-refractivity contribution >= 4 is 32.4 Å². The standard InChI is InChI=1S/C19H17N3O2S2/c1-22-16-11-6-5-10-15(16)20-19(22)18(14-8-3-2-4-9-14)21-26(23,24)17-12-7-13-25-17/h2-13,18,21H,1H3/t18-/m1/s1. The first kappa shape index (κ1) is 17.0. The van der Waals surface area contributed by atoms with Crippen LogP contribution in [0.4, 0.5) is 0 Å². The first-order chi connectivity index (χ1) is 12.6. The Morgan fingerprint density at radius 2 is 1.73 bits per heavy atom. The van der Waals surface area contributed by atoms with Crippen molar-refractivity contribution in [2.24, 2.45) is 7.05 Å². The van der Waals surface area contributed by atoms with Gasteiger partial charge in [0.2, 0.25) is 0 Å². The Morgan fingerprint density at radius 1 is 1.00 bits per heavy atom. The average Bonchev–Trinajstić information content (AvgIpc) is 3.30. The number of hydrogen-bond donors (Lipinski definition) is 1. The van der Waals surface area contributed by atoms with Crippen LogP contribution in [0.25, 0.3) is 11.0 Å². The molecular weight excluding hydrogens is 366 g/mol. The molecule has 4 aromatic rings. The molecule has 0 amide bonds. The summed E-state index contributed by atoms with van der Waals surface area (Å²) in [4.78, 5) is 4.69. The van der Waals surface area contributed by atoms with E-state index in [0.29, 0.717) is 5.82 Å². The Morgan fingerprint density at radius 3 is 2.42 bits per heavy atom. The lowest BCUT2D eigenvalue weighted by atomic mass is 10.1. The van der Waals surface area contributed by atoms with E-state index >= 15 is 0 Å². The molecule has 132 valence electrons. The molecular formula is C19H17N3O2S2. The maximum absolute atomic E-state index is 12.8. The first-order valence-electron chi connectivity index (χ1n) is 8.08. The normalized spacial score (nSPS) is 13.1. The van der Waals surface area contributed by atoms with E-state index in [4.69, 9.17) is 4.98 Å². The van der Waals surface area contributed by atoms with Crippen LogP contribution in [0.1, 0.15) is 17.4 Å². The van der Waals surface area contributed by atoms with Crippen molar-refractivity contribution in [1.82, 2.24) is 14.3 Å². The van der Waals surface area contributed by atoms with Gasteiger partial charge in [0, 0.05) is 7.05 Å². The van der Waals surface area contributed by atoms with Crippen LogP contribution in [0.5, 0.6) is 0 Å². The van der Waals surface area contributed by atoms with E-state index in [1.807, 2.05) is 66.2 Å². The predicted molar refractivity (Wildman–Crippen MR) is 104 cm³/mol. The molecule has 0 fully saturated rings. The molecule has 7 heteroatoms.